The third kappa shape index (κ3) is 5.31. The van der Waals surface area contributed by atoms with Gasteiger partial charge in [0.2, 0.25) is 0 Å². The first-order valence-electron chi connectivity index (χ1n) is 7.18. The van der Waals surface area contributed by atoms with Crippen molar-refractivity contribution < 1.29 is 0 Å². The highest BCUT2D eigenvalue weighted by molar-refractivity contribution is 4.87. The molecule has 1 unspecified atom stereocenters. The van der Waals surface area contributed by atoms with Crippen LogP contribution in [0.25, 0.3) is 0 Å². The Morgan fingerprint density at radius 3 is 2.56 bits per heavy atom. The normalized spacial score (nSPS) is 21.9. The first kappa shape index (κ1) is 14.0. The lowest BCUT2D eigenvalue weighted by Crippen LogP contribution is -2.44. The van der Waals surface area contributed by atoms with Crippen molar-refractivity contribution in [2.24, 2.45) is 5.73 Å². The molecule has 0 heterocycles. The van der Waals surface area contributed by atoms with Gasteiger partial charge in [0, 0.05) is 11.6 Å². The Balaban J connectivity index is 2.09. The molecule has 0 aromatic carbocycles. The van der Waals surface area contributed by atoms with Crippen LogP contribution in [0.15, 0.2) is 0 Å². The van der Waals surface area contributed by atoms with Gasteiger partial charge in [0.15, 0.2) is 0 Å². The van der Waals surface area contributed by atoms with Crippen LogP contribution in [-0.2, 0) is 0 Å². The molecule has 0 amide bonds. The van der Waals surface area contributed by atoms with E-state index in [1.807, 2.05) is 0 Å². The fourth-order valence-corrected chi connectivity index (χ4v) is 2.69. The van der Waals surface area contributed by atoms with Gasteiger partial charge in [-0.3, -0.25) is 0 Å². The molecule has 1 saturated carbocycles. The van der Waals surface area contributed by atoms with Crippen LogP contribution >= 0.6 is 0 Å². The maximum atomic E-state index is 6.41. The molecule has 16 heavy (non-hydrogen) atoms. The molecule has 0 spiro atoms. The molecule has 1 atom stereocenters. The first-order chi connectivity index (χ1) is 7.66. The lowest BCUT2D eigenvalue weighted by atomic mass is 9.80. The summed E-state index contributed by atoms with van der Waals surface area (Å²) < 4.78 is 0. The summed E-state index contributed by atoms with van der Waals surface area (Å²) in [6.45, 7) is 5.64. The number of nitrogens with two attached hydrogens (primary N) is 1. The summed E-state index contributed by atoms with van der Waals surface area (Å²) in [5, 5.41) is 3.61. The Bertz CT molecular complexity index is 174. The van der Waals surface area contributed by atoms with Crippen molar-refractivity contribution in [2.45, 2.75) is 83.2 Å². The molecule has 3 N–H and O–H groups in total. The Morgan fingerprint density at radius 2 is 1.94 bits per heavy atom. The Kier molecular flexibility index (Phi) is 6.37. The summed E-state index contributed by atoms with van der Waals surface area (Å²) in [5.41, 5.74) is 6.55. The van der Waals surface area contributed by atoms with Crippen molar-refractivity contribution >= 4 is 0 Å². The van der Waals surface area contributed by atoms with Gasteiger partial charge in [0.1, 0.15) is 0 Å². The van der Waals surface area contributed by atoms with Gasteiger partial charge in [0.05, 0.1) is 0 Å². The van der Waals surface area contributed by atoms with Gasteiger partial charge in [0.25, 0.3) is 0 Å². The Morgan fingerprint density at radius 1 is 1.25 bits per heavy atom. The van der Waals surface area contributed by atoms with Gasteiger partial charge >= 0.3 is 0 Å². The smallest absolute Gasteiger partial charge is 0.0166 e. The predicted octanol–water partition coefficient (Wildman–Crippen LogP) is 3.21. The zero-order valence-corrected chi connectivity index (χ0v) is 11.2. The van der Waals surface area contributed by atoms with Gasteiger partial charge in [-0.15, -0.1) is 0 Å². The summed E-state index contributed by atoms with van der Waals surface area (Å²) >= 11 is 0. The molecule has 2 nitrogen and oxygen atoms in total. The highest BCUT2D eigenvalue weighted by Crippen LogP contribution is 2.28. The average molecular weight is 226 g/mol. The maximum Gasteiger partial charge on any atom is 0.0166 e. The molecule has 96 valence electrons. The molecule has 2 heteroatoms. The molecule has 0 radical (unpaired) electrons. The Labute approximate surface area is 101 Å². The fraction of sp³-hybridized carbons (Fsp3) is 1.00. The van der Waals surface area contributed by atoms with Crippen molar-refractivity contribution in [3.63, 3.8) is 0 Å². The van der Waals surface area contributed by atoms with Gasteiger partial charge in [-0.1, -0.05) is 39.0 Å². The molecule has 0 bridgehead atoms. The van der Waals surface area contributed by atoms with Crippen molar-refractivity contribution in [1.82, 2.24) is 5.32 Å². The highest BCUT2D eigenvalue weighted by atomic mass is 14.9. The minimum absolute atomic E-state index is 0.149. The zero-order valence-electron chi connectivity index (χ0n) is 11.2. The van der Waals surface area contributed by atoms with Crippen LogP contribution in [0, 0.1) is 0 Å². The molecule has 0 aromatic rings. The van der Waals surface area contributed by atoms with E-state index < -0.39 is 0 Å². The van der Waals surface area contributed by atoms with E-state index in [0.29, 0.717) is 6.04 Å². The fourth-order valence-electron chi connectivity index (χ4n) is 2.69. The van der Waals surface area contributed by atoms with Gasteiger partial charge in [-0.25, -0.2) is 0 Å². The van der Waals surface area contributed by atoms with Crippen LogP contribution in [0.5, 0.6) is 0 Å². The van der Waals surface area contributed by atoms with Crippen molar-refractivity contribution in [2.75, 3.05) is 6.54 Å². The standard InChI is InChI=1S/C14H30N2/c1-3-4-8-13(2)16-12-11-14(15)9-6-5-7-10-14/h13,16H,3-12,15H2,1-2H3. The SMILES string of the molecule is CCCCC(C)NCCC1(N)CCCCC1. The van der Waals surface area contributed by atoms with Crippen molar-refractivity contribution in [3.05, 3.63) is 0 Å². The summed E-state index contributed by atoms with van der Waals surface area (Å²) in [7, 11) is 0. The van der Waals surface area contributed by atoms with Crippen LogP contribution in [0.4, 0.5) is 0 Å². The summed E-state index contributed by atoms with van der Waals surface area (Å²) in [4.78, 5) is 0. The summed E-state index contributed by atoms with van der Waals surface area (Å²) in [5.74, 6) is 0. The van der Waals surface area contributed by atoms with Crippen LogP contribution < -0.4 is 11.1 Å². The third-order valence-electron chi connectivity index (χ3n) is 3.96. The van der Waals surface area contributed by atoms with E-state index in [2.05, 4.69) is 19.2 Å². The summed E-state index contributed by atoms with van der Waals surface area (Å²) in [6, 6.07) is 0.659. The van der Waals surface area contributed by atoms with E-state index in [1.54, 1.807) is 0 Å². The largest absolute Gasteiger partial charge is 0.325 e. The van der Waals surface area contributed by atoms with Crippen molar-refractivity contribution in [3.8, 4) is 0 Å². The monoisotopic (exact) mass is 226 g/mol. The second-order valence-corrected chi connectivity index (χ2v) is 5.67. The molecule has 0 saturated heterocycles. The maximum absolute atomic E-state index is 6.41. The lowest BCUT2D eigenvalue weighted by Gasteiger charge is -2.34. The topological polar surface area (TPSA) is 38.0 Å². The molecular formula is C14H30N2. The lowest BCUT2D eigenvalue weighted by molar-refractivity contribution is 0.271. The number of hydrogen-bond acceptors (Lipinski definition) is 2. The van der Waals surface area contributed by atoms with Crippen LogP contribution in [-0.4, -0.2) is 18.1 Å². The average Bonchev–Trinajstić information content (AvgIpc) is 2.27. The van der Waals surface area contributed by atoms with Crippen molar-refractivity contribution in [1.29, 1.82) is 0 Å². The number of nitrogens with one attached hydrogen (secondary N) is 1. The number of rotatable bonds is 7. The van der Waals surface area contributed by atoms with E-state index in [4.69, 9.17) is 5.73 Å². The highest BCUT2D eigenvalue weighted by Gasteiger charge is 2.26. The minimum atomic E-state index is 0.149. The molecular weight excluding hydrogens is 196 g/mol. The second kappa shape index (κ2) is 7.29. The van der Waals surface area contributed by atoms with E-state index in [0.717, 1.165) is 13.0 Å². The van der Waals surface area contributed by atoms with Gasteiger partial charge < -0.3 is 11.1 Å². The minimum Gasteiger partial charge on any atom is -0.325 e. The van der Waals surface area contributed by atoms with Crippen LogP contribution in [0.1, 0.15) is 71.6 Å². The molecule has 1 fully saturated rings. The molecule has 1 aliphatic carbocycles. The second-order valence-electron chi connectivity index (χ2n) is 5.67. The molecule has 0 aromatic heterocycles. The molecule has 1 rings (SSSR count). The summed E-state index contributed by atoms with van der Waals surface area (Å²) in [6.07, 6.45) is 11.6. The number of hydrogen-bond donors (Lipinski definition) is 2. The van der Waals surface area contributed by atoms with E-state index in [-0.39, 0.29) is 5.54 Å². The van der Waals surface area contributed by atoms with E-state index in [1.165, 1.54) is 51.4 Å². The Hall–Kier alpha value is -0.0800. The number of unbranched alkanes of at least 4 members (excludes halogenated alkanes) is 1. The molecule has 1 aliphatic rings. The van der Waals surface area contributed by atoms with E-state index in [9.17, 15) is 0 Å². The quantitative estimate of drug-likeness (QED) is 0.699. The van der Waals surface area contributed by atoms with Crippen LogP contribution in [0.2, 0.25) is 0 Å². The first-order valence-corrected chi connectivity index (χ1v) is 7.18. The third-order valence-corrected chi connectivity index (χ3v) is 3.96. The van der Waals surface area contributed by atoms with Crippen LogP contribution in [0.3, 0.4) is 0 Å². The zero-order chi connectivity index (χ0) is 11.9. The van der Waals surface area contributed by atoms with E-state index >= 15 is 0 Å². The van der Waals surface area contributed by atoms with Gasteiger partial charge in [-0.2, -0.15) is 0 Å². The van der Waals surface area contributed by atoms with Gasteiger partial charge in [-0.05, 0) is 39.2 Å². The predicted molar refractivity (Wildman–Crippen MR) is 71.6 cm³/mol. The molecule has 0 aliphatic heterocycles.